The Labute approximate surface area is 106 Å². The van der Waals surface area contributed by atoms with Gasteiger partial charge in [-0.3, -0.25) is 0 Å². The average Bonchev–Trinajstić information content (AvgIpc) is 2.93. The summed E-state index contributed by atoms with van der Waals surface area (Å²) in [6.45, 7) is 2.22. The predicted molar refractivity (Wildman–Crippen MR) is 62.8 cm³/mol. The maximum atomic E-state index is 10.3. The largest absolute Gasteiger partial charge is 0.386 e. The molecule has 6 nitrogen and oxygen atoms in total. The number of aromatic amines is 1. The number of H-pyrrole nitrogens is 1. The molecule has 3 rings (SSSR count). The molecule has 0 saturated carbocycles. The molecule has 3 heterocycles. The van der Waals surface area contributed by atoms with Gasteiger partial charge in [0, 0.05) is 19.8 Å². The summed E-state index contributed by atoms with van der Waals surface area (Å²) in [6.07, 6.45) is 4.65. The zero-order chi connectivity index (χ0) is 12.4. The van der Waals surface area contributed by atoms with Crippen molar-refractivity contribution in [2.45, 2.75) is 37.4 Å². The molecule has 2 aliphatic heterocycles. The third kappa shape index (κ3) is 2.28. The Hall–Kier alpha value is -0.980. The van der Waals surface area contributed by atoms with Gasteiger partial charge in [0.1, 0.15) is 11.8 Å². The molecule has 0 radical (unpaired) electrons. The van der Waals surface area contributed by atoms with Gasteiger partial charge < -0.3 is 14.6 Å². The third-order valence-electron chi connectivity index (χ3n) is 4.12. The Morgan fingerprint density at radius 1 is 1.39 bits per heavy atom. The molecule has 2 saturated heterocycles. The molecule has 0 aliphatic carbocycles. The van der Waals surface area contributed by atoms with E-state index in [2.05, 4.69) is 15.4 Å². The molecule has 6 heteroatoms. The maximum absolute atomic E-state index is 10.3. The van der Waals surface area contributed by atoms with E-state index in [-0.39, 0.29) is 11.5 Å². The van der Waals surface area contributed by atoms with E-state index in [0.717, 1.165) is 38.9 Å². The van der Waals surface area contributed by atoms with Gasteiger partial charge in [-0.25, -0.2) is 0 Å². The standard InChI is InChI=1S/C12H19N3O3/c16-11(10-8-13-15-14-10)9-1-4-18-12(7-9)2-5-17-6-3-12/h8-9,11,16H,1-7H2,(H,13,14,15). The quantitative estimate of drug-likeness (QED) is 0.815. The van der Waals surface area contributed by atoms with Crippen LogP contribution in [-0.2, 0) is 9.47 Å². The van der Waals surface area contributed by atoms with Gasteiger partial charge in [-0.05, 0) is 31.6 Å². The number of hydrogen-bond donors (Lipinski definition) is 2. The molecule has 0 bridgehead atoms. The van der Waals surface area contributed by atoms with Crippen LogP contribution in [0.2, 0.25) is 0 Å². The summed E-state index contributed by atoms with van der Waals surface area (Å²) >= 11 is 0. The van der Waals surface area contributed by atoms with Gasteiger partial charge in [0.25, 0.3) is 0 Å². The maximum Gasteiger partial charge on any atom is 0.111 e. The number of aliphatic hydroxyl groups excluding tert-OH is 1. The summed E-state index contributed by atoms with van der Waals surface area (Å²) in [6, 6.07) is 0. The van der Waals surface area contributed by atoms with Crippen molar-refractivity contribution in [3.8, 4) is 0 Å². The van der Waals surface area contributed by atoms with E-state index >= 15 is 0 Å². The summed E-state index contributed by atoms with van der Waals surface area (Å²) in [4.78, 5) is 0. The SMILES string of the molecule is OC(c1cn[nH]n1)C1CCOC2(CCOCC2)C1. The van der Waals surface area contributed by atoms with E-state index in [1.165, 1.54) is 0 Å². The molecule has 2 unspecified atom stereocenters. The smallest absolute Gasteiger partial charge is 0.111 e. The number of nitrogens with zero attached hydrogens (tertiary/aromatic N) is 2. The Kier molecular flexibility index (Phi) is 3.32. The first-order valence-electron chi connectivity index (χ1n) is 6.55. The lowest BCUT2D eigenvalue weighted by Crippen LogP contribution is -2.45. The fourth-order valence-electron chi connectivity index (χ4n) is 3.02. The van der Waals surface area contributed by atoms with E-state index in [1.54, 1.807) is 6.20 Å². The van der Waals surface area contributed by atoms with Crippen LogP contribution in [0.15, 0.2) is 6.20 Å². The van der Waals surface area contributed by atoms with Crippen molar-refractivity contribution in [3.63, 3.8) is 0 Å². The lowest BCUT2D eigenvalue weighted by molar-refractivity contribution is -0.159. The fraction of sp³-hybridized carbons (Fsp3) is 0.833. The Bertz CT molecular complexity index is 370. The number of aliphatic hydroxyl groups is 1. The first kappa shape index (κ1) is 12.1. The van der Waals surface area contributed by atoms with Gasteiger partial charge in [-0.2, -0.15) is 15.4 Å². The molecule has 0 amide bonds. The van der Waals surface area contributed by atoms with Gasteiger partial charge in [0.2, 0.25) is 0 Å². The average molecular weight is 253 g/mol. The number of aromatic nitrogens is 3. The van der Waals surface area contributed by atoms with Crippen molar-refractivity contribution < 1.29 is 14.6 Å². The number of ether oxygens (including phenoxy) is 2. The zero-order valence-corrected chi connectivity index (χ0v) is 10.3. The van der Waals surface area contributed by atoms with Crippen LogP contribution in [0.3, 0.4) is 0 Å². The monoisotopic (exact) mass is 253 g/mol. The van der Waals surface area contributed by atoms with Crippen molar-refractivity contribution in [1.29, 1.82) is 0 Å². The minimum atomic E-state index is -0.549. The molecule has 2 N–H and O–H groups in total. The van der Waals surface area contributed by atoms with Crippen LogP contribution in [0.1, 0.15) is 37.5 Å². The van der Waals surface area contributed by atoms with Gasteiger partial charge >= 0.3 is 0 Å². The van der Waals surface area contributed by atoms with Crippen LogP contribution in [0.4, 0.5) is 0 Å². The normalized spacial score (nSPS) is 29.3. The summed E-state index contributed by atoms with van der Waals surface area (Å²) < 4.78 is 11.4. The minimum absolute atomic E-state index is 0.0914. The molecule has 2 aliphatic rings. The van der Waals surface area contributed by atoms with Crippen molar-refractivity contribution in [2.24, 2.45) is 5.92 Å². The molecule has 18 heavy (non-hydrogen) atoms. The second-order valence-corrected chi connectivity index (χ2v) is 5.24. The molecular weight excluding hydrogens is 234 g/mol. The molecular formula is C12H19N3O3. The van der Waals surface area contributed by atoms with Crippen LogP contribution in [0.5, 0.6) is 0 Å². The highest BCUT2D eigenvalue weighted by atomic mass is 16.5. The van der Waals surface area contributed by atoms with E-state index in [0.29, 0.717) is 12.3 Å². The van der Waals surface area contributed by atoms with Crippen molar-refractivity contribution >= 4 is 0 Å². The molecule has 1 aromatic heterocycles. The van der Waals surface area contributed by atoms with Crippen LogP contribution in [0.25, 0.3) is 0 Å². The van der Waals surface area contributed by atoms with E-state index < -0.39 is 6.10 Å². The van der Waals surface area contributed by atoms with E-state index in [1.807, 2.05) is 0 Å². The summed E-state index contributed by atoms with van der Waals surface area (Å²) in [5, 5.41) is 20.6. The van der Waals surface area contributed by atoms with E-state index in [9.17, 15) is 5.11 Å². The van der Waals surface area contributed by atoms with Gasteiger partial charge in [0.05, 0.1) is 11.8 Å². The lowest BCUT2D eigenvalue weighted by Gasteiger charge is -2.44. The summed E-state index contributed by atoms with van der Waals surface area (Å²) in [5.74, 6) is 0.196. The Morgan fingerprint density at radius 2 is 2.22 bits per heavy atom. The molecule has 1 spiro atoms. The number of nitrogens with one attached hydrogen (secondary N) is 1. The molecule has 0 aromatic carbocycles. The fourth-order valence-corrected chi connectivity index (χ4v) is 3.02. The highest BCUT2D eigenvalue weighted by molar-refractivity contribution is 5.01. The predicted octanol–water partition coefficient (Wildman–Crippen LogP) is 0.814. The van der Waals surface area contributed by atoms with Crippen molar-refractivity contribution in [2.75, 3.05) is 19.8 Å². The van der Waals surface area contributed by atoms with E-state index in [4.69, 9.17) is 9.47 Å². The summed E-state index contributed by atoms with van der Waals surface area (Å²) in [5.41, 5.74) is 0.537. The topological polar surface area (TPSA) is 80.3 Å². The first-order valence-corrected chi connectivity index (χ1v) is 6.55. The Morgan fingerprint density at radius 3 is 2.94 bits per heavy atom. The number of hydrogen-bond acceptors (Lipinski definition) is 5. The van der Waals surface area contributed by atoms with Gasteiger partial charge in [0.15, 0.2) is 0 Å². The van der Waals surface area contributed by atoms with Crippen molar-refractivity contribution in [1.82, 2.24) is 15.4 Å². The van der Waals surface area contributed by atoms with Crippen LogP contribution in [-0.4, -0.2) is 45.9 Å². The molecule has 1 aromatic rings. The third-order valence-corrected chi connectivity index (χ3v) is 4.12. The van der Waals surface area contributed by atoms with Crippen molar-refractivity contribution in [3.05, 3.63) is 11.9 Å². The van der Waals surface area contributed by atoms with Gasteiger partial charge in [-0.1, -0.05) is 0 Å². The molecule has 100 valence electrons. The van der Waals surface area contributed by atoms with Crippen LogP contribution in [0, 0.1) is 5.92 Å². The Balaban J connectivity index is 1.70. The second-order valence-electron chi connectivity index (χ2n) is 5.24. The van der Waals surface area contributed by atoms with Crippen LogP contribution >= 0.6 is 0 Å². The highest BCUT2D eigenvalue weighted by Crippen LogP contribution is 2.41. The first-order chi connectivity index (χ1) is 8.79. The number of rotatable bonds is 2. The molecule has 2 atom stereocenters. The highest BCUT2D eigenvalue weighted by Gasteiger charge is 2.41. The minimum Gasteiger partial charge on any atom is -0.386 e. The zero-order valence-electron chi connectivity index (χ0n) is 10.3. The lowest BCUT2D eigenvalue weighted by atomic mass is 9.78. The molecule has 2 fully saturated rings. The van der Waals surface area contributed by atoms with Gasteiger partial charge in [-0.15, -0.1) is 0 Å². The second kappa shape index (κ2) is 4.95. The summed E-state index contributed by atoms with van der Waals surface area (Å²) in [7, 11) is 0. The van der Waals surface area contributed by atoms with Crippen LogP contribution < -0.4 is 0 Å².